The van der Waals surface area contributed by atoms with Crippen LogP contribution < -0.4 is 0 Å². The molecule has 3 unspecified atom stereocenters. The number of benzene rings is 1. The van der Waals surface area contributed by atoms with Gasteiger partial charge in [-0.05, 0) is 30.4 Å². The fourth-order valence-corrected chi connectivity index (χ4v) is 3.87. The highest BCUT2D eigenvalue weighted by molar-refractivity contribution is 5.71. The van der Waals surface area contributed by atoms with Crippen molar-refractivity contribution in [3.8, 4) is 0 Å². The van der Waals surface area contributed by atoms with E-state index in [1.165, 1.54) is 36.8 Å². The lowest BCUT2D eigenvalue weighted by molar-refractivity contribution is 0.0415. The third-order valence-electron chi connectivity index (χ3n) is 4.84. The highest BCUT2D eigenvalue weighted by atomic mass is 16.5. The lowest BCUT2D eigenvalue weighted by atomic mass is 9.81. The highest BCUT2D eigenvalue weighted by Crippen LogP contribution is 2.43. The summed E-state index contributed by atoms with van der Waals surface area (Å²) < 4.78 is 6.09. The van der Waals surface area contributed by atoms with E-state index in [0.29, 0.717) is 17.9 Å². The Balaban J connectivity index is 1.76. The van der Waals surface area contributed by atoms with Crippen molar-refractivity contribution in [2.24, 2.45) is 11.8 Å². The molecule has 0 aromatic heterocycles. The van der Waals surface area contributed by atoms with E-state index in [1.807, 2.05) is 0 Å². The van der Waals surface area contributed by atoms with E-state index in [2.05, 4.69) is 42.5 Å². The van der Waals surface area contributed by atoms with Crippen LogP contribution in [0.1, 0.15) is 31.2 Å². The van der Waals surface area contributed by atoms with Crippen LogP contribution in [-0.2, 0) is 4.74 Å². The molecule has 2 heterocycles. The number of hydrogen-bond donors (Lipinski definition) is 0. The second kappa shape index (κ2) is 4.64. The Bertz CT molecular complexity index is 526. The maximum atomic E-state index is 6.09. The van der Waals surface area contributed by atoms with Crippen LogP contribution in [0, 0.1) is 11.8 Å². The average molecular weight is 252 g/mol. The van der Waals surface area contributed by atoms with Gasteiger partial charge >= 0.3 is 0 Å². The summed E-state index contributed by atoms with van der Waals surface area (Å²) in [5.74, 6) is 1.12. The molecule has 1 aromatic carbocycles. The predicted octanol–water partition coefficient (Wildman–Crippen LogP) is 4.22. The maximum Gasteiger partial charge on any atom is 0.0827 e. The monoisotopic (exact) mass is 252 g/mol. The van der Waals surface area contributed by atoms with Crippen molar-refractivity contribution in [1.29, 1.82) is 0 Å². The van der Waals surface area contributed by atoms with Crippen LogP contribution in [0.2, 0.25) is 0 Å². The zero-order valence-electron chi connectivity index (χ0n) is 11.2. The van der Waals surface area contributed by atoms with Crippen molar-refractivity contribution in [2.75, 3.05) is 6.61 Å². The molecule has 19 heavy (non-hydrogen) atoms. The van der Waals surface area contributed by atoms with Crippen molar-refractivity contribution >= 4 is 5.57 Å². The van der Waals surface area contributed by atoms with Gasteiger partial charge in [0.15, 0.2) is 0 Å². The molecule has 0 amide bonds. The summed E-state index contributed by atoms with van der Waals surface area (Å²) in [6.45, 7) is 0.866. The van der Waals surface area contributed by atoms with Gasteiger partial charge < -0.3 is 4.74 Å². The van der Waals surface area contributed by atoms with E-state index < -0.39 is 0 Å². The first kappa shape index (κ1) is 11.5. The minimum atomic E-state index is 0.320. The third-order valence-corrected chi connectivity index (χ3v) is 4.84. The molecule has 1 saturated carbocycles. The molecule has 0 radical (unpaired) electrons. The Hall–Kier alpha value is -1.34. The summed E-state index contributed by atoms with van der Waals surface area (Å²) in [6.07, 6.45) is 10.6. The molecule has 0 N–H and O–H groups in total. The Morgan fingerprint density at radius 3 is 2.79 bits per heavy atom. The molecule has 2 bridgehead atoms. The molecule has 1 heteroatoms. The third kappa shape index (κ3) is 1.97. The van der Waals surface area contributed by atoms with Gasteiger partial charge in [-0.2, -0.15) is 0 Å². The second-order valence-electron chi connectivity index (χ2n) is 5.99. The Kier molecular flexibility index (Phi) is 2.81. The molecule has 1 aromatic rings. The topological polar surface area (TPSA) is 9.23 Å². The molecular weight excluding hydrogens is 232 g/mol. The lowest BCUT2D eigenvalue weighted by Crippen LogP contribution is -2.28. The van der Waals surface area contributed by atoms with E-state index in [1.54, 1.807) is 5.57 Å². The minimum Gasteiger partial charge on any atom is -0.373 e. The minimum absolute atomic E-state index is 0.320. The van der Waals surface area contributed by atoms with Gasteiger partial charge in [0, 0.05) is 11.8 Å². The van der Waals surface area contributed by atoms with Crippen LogP contribution in [0.5, 0.6) is 0 Å². The van der Waals surface area contributed by atoms with Crippen LogP contribution in [0.4, 0.5) is 0 Å². The summed E-state index contributed by atoms with van der Waals surface area (Å²) in [5, 5.41) is 0. The van der Waals surface area contributed by atoms with Crippen LogP contribution in [0.15, 0.2) is 48.1 Å². The summed E-state index contributed by atoms with van der Waals surface area (Å²) in [6, 6.07) is 10.8. The van der Waals surface area contributed by atoms with E-state index in [9.17, 15) is 0 Å². The fourth-order valence-electron chi connectivity index (χ4n) is 3.87. The molecule has 2 aliphatic carbocycles. The molecule has 2 aliphatic heterocycles. The van der Waals surface area contributed by atoms with E-state index >= 15 is 0 Å². The van der Waals surface area contributed by atoms with Gasteiger partial charge in [-0.3, -0.25) is 0 Å². The predicted molar refractivity (Wildman–Crippen MR) is 77.7 cm³/mol. The molecule has 5 rings (SSSR count). The van der Waals surface area contributed by atoms with Gasteiger partial charge in [0.1, 0.15) is 0 Å². The summed E-state index contributed by atoms with van der Waals surface area (Å²) in [4.78, 5) is 0. The largest absolute Gasteiger partial charge is 0.373 e. The second-order valence-corrected chi connectivity index (χ2v) is 5.99. The first-order valence-electron chi connectivity index (χ1n) is 7.51. The van der Waals surface area contributed by atoms with Crippen LogP contribution >= 0.6 is 0 Å². The normalized spacial score (nSPS) is 33.2. The quantitative estimate of drug-likeness (QED) is 0.680. The van der Waals surface area contributed by atoms with Crippen molar-refractivity contribution in [1.82, 2.24) is 0 Å². The average Bonchev–Trinajstić information content (AvgIpc) is 2.76. The maximum absolute atomic E-state index is 6.09. The smallest absolute Gasteiger partial charge is 0.0827 e. The summed E-state index contributed by atoms with van der Waals surface area (Å²) >= 11 is 0. The molecule has 1 fully saturated rings. The van der Waals surface area contributed by atoms with Gasteiger partial charge in [-0.1, -0.05) is 54.5 Å². The molecule has 0 saturated heterocycles. The summed E-state index contributed by atoms with van der Waals surface area (Å²) in [5.41, 5.74) is 4.52. The zero-order chi connectivity index (χ0) is 12.7. The van der Waals surface area contributed by atoms with E-state index in [0.717, 1.165) is 6.61 Å². The van der Waals surface area contributed by atoms with Gasteiger partial charge in [-0.15, -0.1) is 0 Å². The molecular formula is C18H20O. The number of fused-ring (bicyclic) bond motifs is 1. The first-order chi connectivity index (χ1) is 9.42. The molecule has 1 nitrogen and oxygen atoms in total. The first-order valence-corrected chi connectivity index (χ1v) is 7.51. The van der Waals surface area contributed by atoms with E-state index in [4.69, 9.17) is 4.74 Å². The Morgan fingerprint density at radius 1 is 1.00 bits per heavy atom. The SMILES string of the molecule is C1=C(c2ccccc2)C2C=C3CCCCC3C1OC2. The highest BCUT2D eigenvalue weighted by Gasteiger charge is 2.35. The molecule has 4 aliphatic rings. The zero-order valence-corrected chi connectivity index (χ0v) is 11.2. The van der Waals surface area contributed by atoms with Crippen LogP contribution in [0.3, 0.4) is 0 Å². The van der Waals surface area contributed by atoms with Crippen LogP contribution in [0.25, 0.3) is 5.57 Å². The van der Waals surface area contributed by atoms with E-state index in [-0.39, 0.29) is 0 Å². The number of hydrogen-bond acceptors (Lipinski definition) is 1. The van der Waals surface area contributed by atoms with Gasteiger partial charge in [0.25, 0.3) is 0 Å². The van der Waals surface area contributed by atoms with Crippen molar-refractivity contribution in [3.05, 3.63) is 53.6 Å². The van der Waals surface area contributed by atoms with Gasteiger partial charge in [0.05, 0.1) is 12.7 Å². The van der Waals surface area contributed by atoms with Crippen molar-refractivity contribution < 1.29 is 4.74 Å². The Labute approximate surface area is 115 Å². The standard InChI is InChI=1S/C18H20O/c1-2-6-13(7-3-1)17-11-18-16-9-5-4-8-14(16)10-15(17)12-19-18/h1-3,6-7,10-11,15-16,18H,4-5,8-9,12H2. The van der Waals surface area contributed by atoms with Crippen molar-refractivity contribution in [3.63, 3.8) is 0 Å². The molecule has 98 valence electrons. The van der Waals surface area contributed by atoms with Crippen LogP contribution in [-0.4, -0.2) is 12.7 Å². The Morgan fingerprint density at radius 2 is 1.89 bits per heavy atom. The number of rotatable bonds is 1. The molecule has 0 spiro atoms. The fraction of sp³-hybridized carbons (Fsp3) is 0.444. The van der Waals surface area contributed by atoms with Gasteiger partial charge in [-0.25, -0.2) is 0 Å². The number of ether oxygens (including phenoxy) is 1. The summed E-state index contributed by atoms with van der Waals surface area (Å²) in [7, 11) is 0. The van der Waals surface area contributed by atoms with Gasteiger partial charge in [0.2, 0.25) is 0 Å². The van der Waals surface area contributed by atoms with Crippen molar-refractivity contribution in [2.45, 2.75) is 31.8 Å². The lowest BCUT2D eigenvalue weighted by Gasteiger charge is -2.31. The molecule has 3 atom stereocenters.